The molecule has 1 aliphatic heterocycles. The Morgan fingerprint density at radius 1 is 1.16 bits per heavy atom. The van der Waals surface area contributed by atoms with Gasteiger partial charge in [-0.05, 0) is 50.5 Å². The minimum atomic E-state index is -0.295. The zero-order valence-corrected chi connectivity index (χ0v) is 18.1. The SMILES string of the molecule is Cc1nc([C@H]2CCCCN2C(=O)c2nccn2C)ncc1C(=O)Nc1ccc(Cl)cc1. The number of rotatable bonds is 4. The van der Waals surface area contributed by atoms with Crippen LogP contribution in [0.3, 0.4) is 0 Å². The number of hydrogen-bond donors (Lipinski definition) is 1. The number of nitrogens with one attached hydrogen (secondary N) is 1. The average molecular weight is 439 g/mol. The topological polar surface area (TPSA) is 93.0 Å². The van der Waals surface area contributed by atoms with Crippen molar-refractivity contribution in [2.75, 3.05) is 11.9 Å². The van der Waals surface area contributed by atoms with Crippen LogP contribution in [0.25, 0.3) is 0 Å². The van der Waals surface area contributed by atoms with Crippen LogP contribution in [-0.4, -0.2) is 42.8 Å². The van der Waals surface area contributed by atoms with E-state index in [9.17, 15) is 9.59 Å². The van der Waals surface area contributed by atoms with Crippen LogP contribution in [-0.2, 0) is 7.05 Å². The number of benzene rings is 1. The van der Waals surface area contributed by atoms with E-state index < -0.39 is 0 Å². The molecule has 1 aromatic carbocycles. The second kappa shape index (κ2) is 8.85. The molecule has 1 N–H and O–H groups in total. The van der Waals surface area contributed by atoms with E-state index in [-0.39, 0.29) is 17.9 Å². The summed E-state index contributed by atoms with van der Waals surface area (Å²) in [5.74, 6) is 0.504. The molecular formula is C22H23ClN6O2. The molecule has 2 amide bonds. The van der Waals surface area contributed by atoms with Gasteiger partial charge in [0.25, 0.3) is 11.8 Å². The fourth-order valence-electron chi connectivity index (χ4n) is 3.74. The zero-order chi connectivity index (χ0) is 22.0. The molecule has 0 bridgehead atoms. The minimum absolute atomic E-state index is 0.136. The highest BCUT2D eigenvalue weighted by atomic mass is 35.5. The predicted octanol–water partition coefficient (Wildman–Crippen LogP) is 3.79. The Kier molecular flexibility index (Phi) is 5.99. The number of hydrogen-bond acceptors (Lipinski definition) is 5. The first-order valence-corrected chi connectivity index (χ1v) is 10.5. The first-order chi connectivity index (χ1) is 14.9. The number of piperidine rings is 1. The molecule has 1 aliphatic rings. The lowest BCUT2D eigenvalue weighted by molar-refractivity contribution is 0.0582. The van der Waals surface area contributed by atoms with Crippen LogP contribution < -0.4 is 5.32 Å². The molecule has 0 radical (unpaired) electrons. The molecule has 1 atom stereocenters. The Hall–Kier alpha value is -3.26. The van der Waals surface area contributed by atoms with Crippen molar-refractivity contribution in [3.63, 3.8) is 0 Å². The van der Waals surface area contributed by atoms with Crippen molar-refractivity contribution in [3.8, 4) is 0 Å². The first-order valence-electron chi connectivity index (χ1n) is 10.1. The van der Waals surface area contributed by atoms with E-state index in [1.54, 1.807) is 60.1 Å². The Labute approximate surface area is 185 Å². The maximum atomic E-state index is 13.1. The number of aryl methyl sites for hydroxylation is 2. The van der Waals surface area contributed by atoms with E-state index >= 15 is 0 Å². The summed E-state index contributed by atoms with van der Waals surface area (Å²) in [5, 5.41) is 3.42. The number of halogens is 1. The van der Waals surface area contributed by atoms with E-state index in [0.717, 1.165) is 19.3 Å². The van der Waals surface area contributed by atoms with Gasteiger partial charge in [0.1, 0.15) is 0 Å². The summed E-state index contributed by atoms with van der Waals surface area (Å²) in [7, 11) is 1.80. The lowest BCUT2D eigenvalue weighted by Gasteiger charge is -2.34. The van der Waals surface area contributed by atoms with Crippen molar-refractivity contribution in [1.29, 1.82) is 0 Å². The van der Waals surface area contributed by atoms with Crippen molar-refractivity contribution in [3.05, 3.63) is 70.8 Å². The molecule has 9 heteroatoms. The van der Waals surface area contributed by atoms with E-state index in [1.165, 1.54) is 6.20 Å². The number of aromatic nitrogens is 4. The maximum Gasteiger partial charge on any atom is 0.290 e. The molecule has 1 saturated heterocycles. The van der Waals surface area contributed by atoms with Crippen LogP contribution in [0.15, 0.2) is 42.9 Å². The van der Waals surface area contributed by atoms with Gasteiger partial charge >= 0.3 is 0 Å². The summed E-state index contributed by atoms with van der Waals surface area (Å²) in [5.41, 5.74) is 1.58. The summed E-state index contributed by atoms with van der Waals surface area (Å²) >= 11 is 5.89. The van der Waals surface area contributed by atoms with Crippen LogP contribution in [0.2, 0.25) is 5.02 Å². The van der Waals surface area contributed by atoms with Crippen molar-refractivity contribution >= 4 is 29.1 Å². The molecule has 1 fully saturated rings. The van der Waals surface area contributed by atoms with Gasteiger partial charge in [0.15, 0.2) is 11.6 Å². The van der Waals surface area contributed by atoms with Crippen LogP contribution >= 0.6 is 11.6 Å². The largest absolute Gasteiger partial charge is 0.330 e. The van der Waals surface area contributed by atoms with Gasteiger partial charge in [-0.3, -0.25) is 9.59 Å². The molecule has 0 saturated carbocycles. The number of nitrogens with zero attached hydrogens (tertiary/aromatic N) is 5. The lowest BCUT2D eigenvalue weighted by Crippen LogP contribution is -2.40. The van der Waals surface area contributed by atoms with Gasteiger partial charge in [0.05, 0.1) is 17.3 Å². The van der Waals surface area contributed by atoms with Crippen molar-refractivity contribution < 1.29 is 9.59 Å². The van der Waals surface area contributed by atoms with Crippen molar-refractivity contribution in [2.45, 2.75) is 32.2 Å². The van der Waals surface area contributed by atoms with E-state index in [2.05, 4.69) is 20.3 Å². The number of imidazole rings is 1. The molecule has 3 aromatic rings. The number of anilines is 1. The van der Waals surface area contributed by atoms with Gasteiger partial charge in [-0.2, -0.15) is 0 Å². The third-order valence-corrected chi connectivity index (χ3v) is 5.67. The van der Waals surface area contributed by atoms with E-state index in [1.807, 2.05) is 0 Å². The Bertz CT molecular complexity index is 1110. The normalized spacial score (nSPS) is 16.2. The summed E-state index contributed by atoms with van der Waals surface area (Å²) in [6.07, 6.45) is 7.57. The van der Waals surface area contributed by atoms with E-state index in [4.69, 9.17) is 11.6 Å². The predicted molar refractivity (Wildman–Crippen MR) is 117 cm³/mol. The van der Waals surface area contributed by atoms with Crippen LogP contribution in [0.4, 0.5) is 5.69 Å². The van der Waals surface area contributed by atoms with Gasteiger partial charge in [-0.25, -0.2) is 15.0 Å². The standard InChI is InChI=1S/C22H23ClN6O2/c1-14-17(21(30)27-16-8-6-15(23)7-9-16)13-25-19(26-14)18-5-3-4-11-29(18)22(31)20-24-10-12-28(20)2/h6-10,12-13,18H,3-5,11H2,1-2H3,(H,27,30)/t18-/m1/s1. The fraction of sp³-hybridized carbons (Fsp3) is 0.318. The van der Waals surface area contributed by atoms with Crippen LogP contribution in [0.1, 0.15) is 57.8 Å². The number of amides is 2. The minimum Gasteiger partial charge on any atom is -0.330 e. The molecule has 4 rings (SSSR count). The van der Waals surface area contributed by atoms with Gasteiger partial charge < -0.3 is 14.8 Å². The summed E-state index contributed by atoms with van der Waals surface area (Å²) in [6.45, 7) is 2.40. The van der Waals surface area contributed by atoms with Crippen molar-refractivity contribution in [2.24, 2.45) is 7.05 Å². The summed E-state index contributed by atoms with van der Waals surface area (Å²) in [6, 6.07) is 6.63. The monoisotopic (exact) mass is 438 g/mol. The van der Waals surface area contributed by atoms with Gasteiger partial charge in [0.2, 0.25) is 0 Å². The Morgan fingerprint density at radius 2 is 1.94 bits per heavy atom. The summed E-state index contributed by atoms with van der Waals surface area (Å²) in [4.78, 5) is 40.8. The van der Waals surface area contributed by atoms with E-state index in [0.29, 0.717) is 40.2 Å². The molecule has 0 spiro atoms. The number of carbonyl (C=O) groups is 2. The average Bonchev–Trinajstić information content (AvgIpc) is 3.20. The third-order valence-electron chi connectivity index (χ3n) is 5.42. The highest BCUT2D eigenvalue weighted by Crippen LogP contribution is 2.30. The molecule has 0 unspecified atom stereocenters. The molecular weight excluding hydrogens is 416 g/mol. The van der Waals surface area contributed by atoms with Gasteiger partial charge in [-0.15, -0.1) is 0 Å². The van der Waals surface area contributed by atoms with Crippen LogP contribution in [0, 0.1) is 6.92 Å². The highest BCUT2D eigenvalue weighted by Gasteiger charge is 2.32. The quantitative estimate of drug-likeness (QED) is 0.668. The Morgan fingerprint density at radius 3 is 2.61 bits per heavy atom. The molecule has 0 aliphatic carbocycles. The highest BCUT2D eigenvalue weighted by molar-refractivity contribution is 6.30. The molecule has 3 heterocycles. The second-order valence-electron chi connectivity index (χ2n) is 7.56. The zero-order valence-electron chi connectivity index (χ0n) is 17.4. The lowest BCUT2D eigenvalue weighted by atomic mass is 10.0. The smallest absolute Gasteiger partial charge is 0.290 e. The number of likely N-dealkylation sites (tertiary alicyclic amines) is 1. The number of carbonyl (C=O) groups excluding carboxylic acids is 2. The van der Waals surface area contributed by atoms with Crippen molar-refractivity contribution in [1.82, 2.24) is 24.4 Å². The second-order valence-corrected chi connectivity index (χ2v) is 8.00. The molecule has 8 nitrogen and oxygen atoms in total. The Balaban J connectivity index is 1.55. The fourth-order valence-corrected chi connectivity index (χ4v) is 3.87. The third kappa shape index (κ3) is 4.44. The molecule has 160 valence electrons. The maximum absolute atomic E-state index is 13.1. The van der Waals surface area contributed by atoms with Gasteiger partial charge in [-0.1, -0.05) is 11.6 Å². The van der Waals surface area contributed by atoms with Gasteiger partial charge in [0, 0.05) is 42.9 Å². The molecule has 31 heavy (non-hydrogen) atoms. The molecule has 2 aromatic heterocycles. The summed E-state index contributed by atoms with van der Waals surface area (Å²) < 4.78 is 1.71. The van der Waals surface area contributed by atoms with Crippen LogP contribution in [0.5, 0.6) is 0 Å². The first kappa shape index (κ1) is 21.0.